The first kappa shape index (κ1) is 22.2. The Hall–Kier alpha value is -2.97. The second kappa shape index (κ2) is 10.1. The molecule has 2 fully saturated rings. The Morgan fingerprint density at radius 3 is 2.72 bits per heavy atom. The van der Waals surface area contributed by atoms with Gasteiger partial charge in [-0.1, -0.05) is 24.3 Å². The van der Waals surface area contributed by atoms with Crippen molar-refractivity contribution in [3.8, 4) is 11.1 Å². The van der Waals surface area contributed by atoms with E-state index >= 15 is 0 Å². The van der Waals surface area contributed by atoms with Crippen LogP contribution < -0.4 is 20.9 Å². The van der Waals surface area contributed by atoms with E-state index in [4.69, 9.17) is 4.74 Å². The molecule has 1 unspecified atom stereocenters. The van der Waals surface area contributed by atoms with Crippen LogP contribution in [0.2, 0.25) is 0 Å². The van der Waals surface area contributed by atoms with E-state index in [1.165, 1.54) is 24.3 Å². The van der Waals surface area contributed by atoms with Crippen LogP contribution in [0.4, 0.5) is 14.9 Å². The number of cyclic esters (lactones) is 1. The van der Waals surface area contributed by atoms with Gasteiger partial charge in [0.1, 0.15) is 11.9 Å². The number of rotatable bonds is 8. The van der Waals surface area contributed by atoms with Crippen molar-refractivity contribution < 1.29 is 18.7 Å². The molecule has 2 saturated heterocycles. The summed E-state index contributed by atoms with van der Waals surface area (Å²) in [6.07, 6.45) is 0.213. The summed E-state index contributed by atoms with van der Waals surface area (Å²) in [5.74, 6) is 0.0958. The van der Waals surface area contributed by atoms with Gasteiger partial charge in [-0.25, -0.2) is 9.18 Å². The Morgan fingerprint density at radius 2 is 2.03 bits per heavy atom. The molecule has 0 saturated carbocycles. The Morgan fingerprint density at radius 1 is 1.22 bits per heavy atom. The maximum atomic E-state index is 14.9. The van der Waals surface area contributed by atoms with Gasteiger partial charge < -0.3 is 20.7 Å². The molecule has 0 aromatic heterocycles. The van der Waals surface area contributed by atoms with Crippen LogP contribution in [0.15, 0.2) is 42.5 Å². The summed E-state index contributed by atoms with van der Waals surface area (Å²) in [5.41, 5.74) is 2.85. The first-order valence-electron chi connectivity index (χ1n) is 11.0. The van der Waals surface area contributed by atoms with E-state index in [-0.39, 0.29) is 19.0 Å². The van der Waals surface area contributed by atoms with Crippen LogP contribution in [0.5, 0.6) is 0 Å². The lowest BCUT2D eigenvalue weighted by Crippen LogP contribution is -2.33. The van der Waals surface area contributed by atoms with Crippen molar-refractivity contribution in [2.24, 2.45) is 5.92 Å². The molecule has 32 heavy (non-hydrogen) atoms. The molecule has 0 spiro atoms. The van der Waals surface area contributed by atoms with Crippen LogP contribution in [0.3, 0.4) is 0 Å². The Labute approximate surface area is 187 Å². The van der Waals surface area contributed by atoms with Crippen molar-refractivity contribution in [3.05, 3.63) is 53.8 Å². The first-order valence-corrected chi connectivity index (χ1v) is 11.0. The molecule has 8 heteroatoms. The van der Waals surface area contributed by atoms with Crippen LogP contribution in [0.25, 0.3) is 11.1 Å². The number of anilines is 1. The number of amides is 2. The van der Waals surface area contributed by atoms with Crippen molar-refractivity contribution in [3.63, 3.8) is 0 Å². The van der Waals surface area contributed by atoms with Gasteiger partial charge in [0.05, 0.1) is 18.8 Å². The largest absolute Gasteiger partial charge is 0.442 e. The lowest BCUT2D eigenvalue weighted by Gasteiger charge is -2.15. The van der Waals surface area contributed by atoms with Crippen LogP contribution in [0, 0.1) is 11.7 Å². The number of ether oxygens (including phenoxy) is 1. The van der Waals surface area contributed by atoms with E-state index < -0.39 is 18.0 Å². The second-order valence-electron chi connectivity index (χ2n) is 8.40. The highest BCUT2D eigenvalue weighted by Crippen LogP contribution is 2.29. The zero-order valence-corrected chi connectivity index (χ0v) is 18.2. The molecule has 2 atom stereocenters. The molecule has 2 aromatic carbocycles. The van der Waals surface area contributed by atoms with E-state index in [1.807, 2.05) is 24.3 Å². The smallest absolute Gasteiger partial charge is 0.414 e. The van der Waals surface area contributed by atoms with Crippen LogP contribution in [0.1, 0.15) is 18.9 Å². The molecular formula is C24H29FN4O3. The summed E-state index contributed by atoms with van der Waals surface area (Å²) >= 11 is 0. The minimum absolute atomic E-state index is 0.192. The van der Waals surface area contributed by atoms with E-state index in [1.54, 1.807) is 12.1 Å². The van der Waals surface area contributed by atoms with Gasteiger partial charge in [-0.15, -0.1) is 0 Å². The van der Waals surface area contributed by atoms with Gasteiger partial charge >= 0.3 is 6.09 Å². The molecule has 7 nitrogen and oxygen atoms in total. The zero-order chi connectivity index (χ0) is 22.5. The van der Waals surface area contributed by atoms with Crippen LogP contribution in [-0.2, 0) is 16.1 Å². The number of halogens is 1. The number of hydrogen-bond acceptors (Lipinski definition) is 5. The van der Waals surface area contributed by atoms with Crippen molar-refractivity contribution >= 4 is 17.7 Å². The number of nitrogens with one attached hydrogen (secondary N) is 3. The van der Waals surface area contributed by atoms with Gasteiger partial charge in [0.25, 0.3) is 0 Å². The molecule has 0 bridgehead atoms. The molecule has 2 aliphatic heterocycles. The molecule has 170 valence electrons. The predicted molar refractivity (Wildman–Crippen MR) is 121 cm³/mol. The third-order valence-corrected chi connectivity index (χ3v) is 5.91. The van der Waals surface area contributed by atoms with Crippen molar-refractivity contribution in [2.45, 2.75) is 26.0 Å². The van der Waals surface area contributed by atoms with Gasteiger partial charge in [0.15, 0.2) is 0 Å². The topological polar surface area (TPSA) is 82.7 Å². The average Bonchev–Trinajstić information content (AvgIpc) is 3.42. The summed E-state index contributed by atoms with van der Waals surface area (Å²) < 4.78 is 20.1. The van der Waals surface area contributed by atoms with Crippen LogP contribution in [-0.4, -0.2) is 50.8 Å². The van der Waals surface area contributed by atoms with E-state index in [2.05, 4.69) is 16.0 Å². The average molecular weight is 441 g/mol. The fourth-order valence-corrected chi connectivity index (χ4v) is 4.11. The van der Waals surface area contributed by atoms with Crippen molar-refractivity contribution in [2.75, 3.05) is 37.6 Å². The number of benzene rings is 2. The molecular weight excluding hydrogens is 411 g/mol. The first-order chi connectivity index (χ1) is 15.5. The third-order valence-electron chi connectivity index (χ3n) is 5.91. The fraction of sp³-hybridized carbons (Fsp3) is 0.417. The Kier molecular flexibility index (Phi) is 7.02. The van der Waals surface area contributed by atoms with Gasteiger partial charge in [-0.05, 0) is 61.3 Å². The normalized spacial score (nSPS) is 20.4. The highest BCUT2D eigenvalue weighted by molar-refractivity contribution is 5.90. The third kappa shape index (κ3) is 5.44. The van der Waals surface area contributed by atoms with Crippen molar-refractivity contribution in [1.29, 1.82) is 0 Å². The molecule has 4 rings (SSSR count). The van der Waals surface area contributed by atoms with E-state index in [0.29, 0.717) is 17.2 Å². The fourth-order valence-electron chi connectivity index (χ4n) is 4.11. The van der Waals surface area contributed by atoms with Crippen molar-refractivity contribution in [1.82, 2.24) is 16.0 Å². The number of nitrogens with zero attached hydrogens (tertiary/aromatic N) is 1. The minimum Gasteiger partial charge on any atom is -0.442 e. The second-order valence-corrected chi connectivity index (χ2v) is 8.40. The SMILES string of the molecule is CC(=O)NC[C@H]1CN(c2ccc(-c3ccc(CNCC4CCNC4)cc3)c(F)c2)C(=O)O1. The lowest BCUT2D eigenvalue weighted by molar-refractivity contribution is -0.119. The number of carbonyl (C=O) groups excluding carboxylic acids is 2. The molecule has 2 aromatic rings. The summed E-state index contributed by atoms with van der Waals surface area (Å²) in [6, 6.07) is 12.6. The van der Waals surface area contributed by atoms with E-state index in [0.717, 1.165) is 37.3 Å². The highest BCUT2D eigenvalue weighted by atomic mass is 19.1. The number of carbonyl (C=O) groups is 2. The van der Waals surface area contributed by atoms with Crippen LogP contribution >= 0.6 is 0 Å². The molecule has 3 N–H and O–H groups in total. The van der Waals surface area contributed by atoms with Gasteiger partial charge in [-0.2, -0.15) is 0 Å². The number of hydrogen-bond donors (Lipinski definition) is 3. The maximum Gasteiger partial charge on any atom is 0.414 e. The minimum atomic E-state index is -0.544. The van der Waals surface area contributed by atoms with Gasteiger partial charge in [0, 0.05) is 19.0 Å². The summed E-state index contributed by atoms with van der Waals surface area (Å²) in [7, 11) is 0. The highest BCUT2D eigenvalue weighted by Gasteiger charge is 2.32. The van der Waals surface area contributed by atoms with Gasteiger partial charge in [-0.3, -0.25) is 9.69 Å². The standard InChI is InChI=1S/C24H29FN4O3/c1-16(30)28-14-21-15-29(24(31)32-21)20-6-7-22(23(25)10-20)19-4-2-17(3-5-19)11-27-13-18-8-9-26-12-18/h2-7,10,18,21,26-27H,8-9,11-15H2,1H3,(H,28,30)/t18?,21-/m0/s1. The van der Waals surface area contributed by atoms with Gasteiger partial charge in [0.2, 0.25) is 5.91 Å². The Balaban J connectivity index is 1.36. The zero-order valence-electron chi connectivity index (χ0n) is 18.2. The molecule has 2 heterocycles. The maximum absolute atomic E-state index is 14.9. The molecule has 2 aliphatic rings. The monoisotopic (exact) mass is 440 g/mol. The summed E-state index contributed by atoms with van der Waals surface area (Å²) in [4.78, 5) is 24.6. The summed E-state index contributed by atoms with van der Waals surface area (Å²) in [5, 5.41) is 9.49. The summed E-state index contributed by atoms with van der Waals surface area (Å²) in [6.45, 7) is 5.85. The predicted octanol–water partition coefficient (Wildman–Crippen LogP) is 2.65. The molecule has 2 amide bonds. The lowest BCUT2D eigenvalue weighted by atomic mass is 10.0. The Bertz CT molecular complexity index is 960. The quantitative estimate of drug-likeness (QED) is 0.588. The molecule has 0 radical (unpaired) electrons. The van der Waals surface area contributed by atoms with E-state index in [9.17, 15) is 14.0 Å². The molecule has 0 aliphatic carbocycles.